The Morgan fingerprint density at radius 1 is 1.37 bits per heavy atom. The van der Waals surface area contributed by atoms with E-state index in [0.29, 0.717) is 5.56 Å². The summed E-state index contributed by atoms with van der Waals surface area (Å²) in [7, 11) is 0. The number of nitrogens with one attached hydrogen (secondary N) is 1. The van der Waals surface area contributed by atoms with E-state index < -0.39 is 17.7 Å². The van der Waals surface area contributed by atoms with Gasteiger partial charge in [0.05, 0.1) is 12.7 Å². The lowest BCUT2D eigenvalue weighted by atomic mass is 10.00. The molecule has 0 radical (unpaired) electrons. The molecule has 6 heteroatoms. The van der Waals surface area contributed by atoms with Crippen molar-refractivity contribution in [1.82, 2.24) is 5.32 Å². The van der Waals surface area contributed by atoms with Crippen LogP contribution in [-0.4, -0.2) is 31.6 Å². The minimum absolute atomic E-state index is 0.168. The minimum atomic E-state index is -0.850. The quantitative estimate of drug-likeness (QED) is 0.669. The second-order valence-corrected chi connectivity index (χ2v) is 3.78. The smallest absolute Gasteiger partial charge is 0.243 e. The Morgan fingerprint density at radius 2 is 2.05 bits per heavy atom. The normalized spacial score (nSPS) is 11.3. The highest BCUT2D eigenvalue weighted by atomic mass is 16.5. The third kappa shape index (κ3) is 5.19. The van der Waals surface area contributed by atoms with Gasteiger partial charge in [-0.15, -0.1) is 0 Å². The van der Waals surface area contributed by atoms with Gasteiger partial charge in [0, 0.05) is 6.54 Å². The molecule has 0 aliphatic carbocycles. The molecule has 0 saturated carbocycles. The van der Waals surface area contributed by atoms with Crippen molar-refractivity contribution in [3.63, 3.8) is 0 Å². The number of hydrogen-bond acceptors (Lipinski definition) is 4. The van der Waals surface area contributed by atoms with Crippen LogP contribution in [-0.2, 0) is 14.3 Å². The number of nitrogens with zero attached hydrogens (tertiary/aromatic N) is 1. The summed E-state index contributed by atoms with van der Waals surface area (Å²) in [5.74, 6) is -1.81. The zero-order valence-electron chi connectivity index (χ0n) is 10.3. The molecule has 1 aromatic carbocycles. The first-order chi connectivity index (χ1) is 9.15. The van der Waals surface area contributed by atoms with Gasteiger partial charge >= 0.3 is 0 Å². The van der Waals surface area contributed by atoms with Gasteiger partial charge < -0.3 is 15.8 Å². The van der Waals surface area contributed by atoms with E-state index >= 15 is 0 Å². The van der Waals surface area contributed by atoms with Crippen molar-refractivity contribution in [2.24, 2.45) is 5.73 Å². The second kappa shape index (κ2) is 7.84. The van der Waals surface area contributed by atoms with Crippen molar-refractivity contribution >= 4 is 11.8 Å². The van der Waals surface area contributed by atoms with Crippen LogP contribution in [0.15, 0.2) is 30.3 Å². The first-order valence-electron chi connectivity index (χ1n) is 5.73. The maximum absolute atomic E-state index is 11.8. The van der Waals surface area contributed by atoms with E-state index in [1.165, 1.54) is 0 Å². The number of carbonyl (C=O) groups excluding carboxylic acids is 2. The van der Waals surface area contributed by atoms with Crippen LogP contribution in [0, 0.1) is 11.3 Å². The lowest BCUT2D eigenvalue weighted by molar-refractivity contribution is -0.122. The fraction of sp³-hybridized carbons (Fsp3) is 0.308. The third-order valence-corrected chi connectivity index (χ3v) is 2.31. The molecule has 100 valence electrons. The van der Waals surface area contributed by atoms with Gasteiger partial charge in [0.2, 0.25) is 11.8 Å². The molecule has 0 bridgehead atoms. The number of nitrogens with two attached hydrogens (primary N) is 1. The van der Waals surface area contributed by atoms with Crippen LogP contribution in [0.4, 0.5) is 0 Å². The Morgan fingerprint density at radius 3 is 2.63 bits per heavy atom. The summed E-state index contributed by atoms with van der Waals surface area (Å²) in [6, 6.07) is 10.7. The number of benzene rings is 1. The molecule has 1 aromatic rings. The van der Waals surface area contributed by atoms with Gasteiger partial charge in [-0.2, -0.15) is 5.26 Å². The molecule has 1 unspecified atom stereocenters. The van der Waals surface area contributed by atoms with Crippen molar-refractivity contribution in [3.8, 4) is 6.07 Å². The summed E-state index contributed by atoms with van der Waals surface area (Å²) >= 11 is 0. The number of nitriles is 1. The average molecular weight is 261 g/mol. The predicted octanol–water partition coefficient (Wildman–Crippen LogP) is -0.0881. The lowest BCUT2D eigenvalue weighted by Crippen LogP contribution is -2.32. The molecule has 0 aliphatic rings. The summed E-state index contributed by atoms with van der Waals surface area (Å²) in [6.45, 7) is 0.203. The molecule has 0 aliphatic heterocycles. The van der Waals surface area contributed by atoms with E-state index in [1.54, 1.807) is 24.3 Å². The summed E-state index contributed by atoms with van der Waals surface area (Å²) < 4.78 is 4.89. The van der Waals surface area contributed by atoms with Crippen LogP contribution < -0.4 is 11.1 Å². The number of hydrogen-bond donors (Lipinski definition) is 2. The van der Waals surface area contributed by atoms with Crippen LogP contribution in [0.1, 0.15) is 11.5 Å². The van der Waals surface area contributed by atoms with Crippen LogP contribution in [0.5, 0.6) is 0 Å². The monoisotopic (exact) mass is 261 g/mol. The first-order valence-corrected chi connectivity index (χ1v) is 5.73. The van der Waals surface area contributed by atoms with Gasteiger partial charge in [-0.1, -0.05) is 30.3 Å². The molecule has 19 heavy (non-hydrogen) atoms. The van der Waals surface area contributed by atoms with E-state index in [2.05, 4.69) is 5.32 Å². The van der Waals surface area contributed by atoms with Gasteiger partial charge in [0.25, 0.3) is 0 Å². The van der Waals surface area contributed by atoms with E-state index in [-0.39, 0.29) is 19.8 Å². The van der Waals surface area contributed by atoms with Crippen LogP contribution >= 0.6 is 0 Å². The average Bonchev–Trinajstić information content (AvgIpc) is 2.40. The standard InChI is InChI=1S/C13H15N3O3/c14-8-11(10-4-2-1-3-5-10)13(18)16-6-7-19-9-12(15)17/h1-5,11H,6-7,9H2,(H2,15,17)(H,16,18). The van der Waals surface area contributed by atoms with Crippen molar-refractivity contribution in [2.75, 3.05) is 19.8 Å². The Balaban J connectivity index is 2.40. The first kappa shape index (κ1) is 14.7. The number of ether oxygens (including phenoxy) is 1. The SMILES string of the molecule is N#CC(C(=O)NCCOCC(N)=O)c1ccccc1. The van der Waals surface area contributed by atoms with E-state index in [0.717, 1.165) is 0 Å². The largest absolute Gasteiger partial charge is 0.370 e. The van der Waals surface area contributed by atoms with E-state index in [4.69, 9.17) is 15.7 Å². The summed E-state index contributed by atoms with van der Waals surface area (Å²) in [5.41, 5.74) is 5.53. The second-order valence-electron chi connectivity index (χ2n) is 3.78. The predicted molar refractivity (Wildman–Crippen MR) is 67.8 cm³/mol. The zero-order chi connectivity index (χ0) is 14.1. The van der Waals surface area contributed by atoms with E-state index in [1.807, 2.05) is 12.1 Å². The molecule has 0 fully saturated rings. The van der Waals surface area contributed by atoms with Gasteiger partial charge in [0.1, 0.15) is 12.5 Å². The van der Waals surface area contributed by atoms with Crippen LogP contribution in [0.25, 0.3) is 0 Å². The molecule has 0 heterocycles. The maximum Gasteiger partial charge on any atom is 0.243 e. The molecular formula is C13H15N3O3. The highest BCUT2D eigenvalue weighted by Crippen LogP contribution is 2.14. The van der Waals surface area contributed by atoms with E-state index in [9.17, 15) is 9.59 Å². The lowest BCUT2D eigenvalue weighted by Gasteiger charge is -2.10. The van der Waals surface area contributed by atoms with Crippen LogP contribution in [0.3, 0.4) is 0 Å². The fourth-order valence-corrected chi connectivity index (χ4v) is 1.45. The number of carbonyl (C=O) groups is 2. The van der Waals surface area contributed by atoms with Crippen molar-refractivity contribution in [1.29, 1.82) is 5.26 Å². The topological polar surface area (TPSA) is 105 Å². The molecule has 0 spiro atoms. The molecule has 1 rings (SSSR count). The molecule has 3 N–H and O–H groups in total. The molecule has 2 amide bonds. The highest BCUT2D eigenvalue weighted by molar-refractivity contribution is 5.86. The zero-order valence-corrected chi connectivity index (χ0v) is 10.3. The molecule has 0 aromatic heterocycles. The number of primary amides is 1. The summed E-state index contributed by atoms with van der Waals surface area (Å²) in [4.78, 5) is 22.2. The molecule has 0 saturated heterocycles. The number of rotatable bonds is 7. The Bertz CT molecular complexity index is 468. The summed E-state index contributed by atoms with van der Waals surface area (Å²) in [5, 5.41) is 11.6. The van der Waals surface area contributed by atoms with Gasteiger partial charge in [-0.05, 0) is 5.56 Å². The molecule has 1 atom stereocenters. The molecule has 6 nitrogen and oxygen atoms in total. The third-order valence-electron chi connectivity index (χ3n) is 2.31. The minimum Gasteiger partial charge on any atom is -0.370 e. The van der Waals surface area contributed by atoms with Crippen LogP contribution in [0.2, 0.25) is 0 Å². The van der Waals surface area contributed by atoms with Gasteiger partial charge in [0.15, 0.2) is 0 Å². The van der Waals surface area contributed by atoms with Crippen molar-refractivity contribution < 1.29 is 14.3 Å². The summed E-state index contributed by atoms with van der Waals surface area (Å²) in [6.07, 6.45) is 0. The Labute approximate surface area is 111 Å². The number of amides is 2. The van der Waals surface area contributed by atoms with Crippen molar-refractivity contribution in [2.45, 2.75) is 5.92 Å². The highest BCUT2D eigenvalue weighted by Gasteiger charge is 2.19. The fourth-order valence-electron chi connectivity index (χ4n) is 1.45. The Hall–Kier alpha value is -2.39. The Kier molecular flexibility index (Phi) is 6.06. The van der Waals surface area contributed by atoms with Gasteiger partial charge in [-0.25, -0.2) is 0 Å². The van der Waals surface area contributed by atoms with Crippen molar-refractivity contribution in [3.05, 3.63) is 35.9 Å². The molecular weight excluding hydrogens is 246 g/mol. The maximum atomic E-state index is 11.8. The van der Waals surface area contributed by atoms with Gasteiger partial charge in [-0.3, -0.25) is 9.59 Å².